The van der Waals surface area contributed by atoms with Gasteiger partial charge in [-0.2, -0.15) is 0 Å². The smallest absolute Gasteiger partial charge is 0.338 e. The van der Waals surface area contributed by atoms with Crippen molar-refractivity contribution < 1.29 is 14.3 Å². The zero-order chi connectivity index (χ0) is 13.0. The van der Waals surface area contributed by atoms with Gasteiger partial charge in [-0.3, -0.25) is 9.69 Å². The molecule has 1 atom stereocenters. The molecule has 0 saturated carbocycles. The van der Waals surface area contributed by atoms with E-state index in [4.69, 9.17) is 4.74 Å². The molecular weight excluding hydrogens is 230 g/mol. The van der Waals surface area contributed by atoms with E-state index in [9.17, 15) is 9.59 Å². The van der Waals surface area contributed by atoms with Crippen LogP contribution < -0.4 is 0 Å². The predicted molar refractivity (Wildman–Crippen MR) is 65.4 cm³/mol. The molecule has 0 aromatic heterocycles. The van der Waals surface area contributed by atoms with Crippen LogP contribution in [-0.2, 0) is 9.53 Å². The monoisotopic (exact) mass is 243 g/mol. The van der Waals surface area contributed by atoms with Gasteiger partial charge in [-0.25, -0.2) is 4.79 Å². The lowest BCUT2D eigenvalue weighted by atomic mass is 10.2. The van der Waals surface area contributed by atoms with E-state index in [0.29, 0.717) is 12.1 Å². The van der Waals surface area contributed by atoms with Gasteiger partial charge in [0, 0.05) is 6.04 Å². The highest BCUT2D eigenvalue weighted by Crippen LogP contribution is 2.15. The van der Waals surface area contributed by atoms with Crippen molar-refractivity contribution in [1.82, 2.24) is 4.90 Å². The average molecular weight is 243 g/mol. The molecule has 1 saturated heterocycles. The van der Waals surface area contributed by atoms with E-state index in [2.05, 4.69) is 12.0 Å². The first kappa shape index (κ1) is 12.2. The molecule has 4 nitrogen and oxygen atoms in total. The van der Waals surface area contributed by atoms with Gasteiger partial charge in [0.15, 0.2) is 0 Å². The van der Waals surface area contributed by atoms with Crippen LogP contribution in [0.1, 0.15) is 23.7 Å². The van der Waals surface area contributed by atoms with Gasteiger partial charge >= 0.3 is 5.97 Å². The fraction of sp³-hybridized carbons (Fsp3) is 0.286. The summed E-state index contributed by atoms with van der Waals surface area (Å²) in [6.07, 6.45) is -0.209. The number of nitrogens with zero attached hydrogens (tertiary/aromatic N) is 1. The summed E-state index contributed by atoms with van der Waals surface area (Å²) in [7, 11) is 0. The van der Waals surface area contributed by atoms with Crippen LogP contribution in [0.15, 0.2) is 30.3 Å². The number of benzene rings is 1. The van der Waals surface area contributed by atoms with Crippen LogP contribution in [-0.4, -0.2) is 29.4 Å². The van der Waals surface area contributed by atoms with E-state index in [-0.39, 0.29) is 12.3 Å². The SMILES string of the molecule is CC#CN1CC(OC(=O)c2ccccc2)CC1=O. The number of likely N-dealkylation sites (tertiary alicyclic amines) is 1. The summed E-state index contributed by atoms with van der Waals surface area (Å²) in [5.74, 6) is 2.16. The summed E-state index contributed by atoms with van der Waals surface area (Å²) in [6.45, 7) is 2.01. The number of carbonyl (C=O) groups excluding carboxylic acids is 2. The fourth-order valence-corrected chi connectivity index (χ4v) is 1.79. The third-order valence-electron chi connectivity index (χ3n) is 2.62. The molecule has 1 unspecified atom stereocenters. The minimum Gasteiger partial charge on any atom is -0.456 e. The Kier molecular flexibility index (Phi) is 3.63. The Morgan fingerprint density at radius 1 is 1.39 bits per heavy atom. The van der Waals surface area contributed by atoms with Crippen molar-refractivity contribution in [3.05, 3.63) is 35.9 Å². The van der Waals surface area contributed by atoms with Crippen LogP contribution in [0.5, 0.6) is 0 Å². The molecule has 0 N–H and O–H groups in total. The van der Waals surface area contributed by atoms with Crippen LogP contribution in [0.4, 0.5) is 0 Å². The highest BCUT2D eigenvalue weighted by Gasteiger charge is 2.31. The van der Waals surface area contributed by atoms with E-state index >= 15 is 0 Å². The van der Waals surface area contributed by atoms with Gasteiger partial charge in [0.2, 0.25) is 5.91 Å². The summed E-state index contributed by atoms with van der Waals surface area (Å²) in [5, 5.41) is 0. The van der Waals surface area contributed by atoms with Crippen LogP contribution >= 0.6 is 0 Å². The second-order valence-corrected chi connectivity index (χ2v) is 3.96. The summed E-state index contributed by atoms with van der Waals surface area (Å²) in [6, 6.07) is 11.4. The highest BCUT2D eigenvalue weighted by atomic mass is 16.5. The number of esters is 1. The predicted octanol–water partition coefficient (Wildman–Crippen LogP) is 1.43. The van der Waals surface area contributed by atoms with Gasteiger partial charge < -0.3 is 4.74 Å². The van der Waals surface area contributed by atoms with Crippen LogP contribution in [0.25, 0.3) is 0 Å². The first-order valence-corrected chi connectivity index (χ1v) is 5.69. The van der Waals surface area contributed by atoms with Crippen molar-refractivity contribution in [2.75, 3.05) is 6.54 Å². The lowest BCUT2D eigenvalue weighted by Crippen LogP contribution is -2.23. The quantitative estimate of drug-likeness (QED) is 0.583. The Balaban J connectivity index is 1.97. The van der Waals surface area contributed by atoms with Gasteiger partial charge in [-0.15, -0.1) is 0 Å². The third-order valence-corrected chi connectivity index (χ3v) is 2.62. The summed E-state index contributed by atoms with van der Waals surface area (Å²) in [4.78, 5) is 24.7. The second-order valence-electron chi connectivity index (χ2n) is 3.96. The maximum absolute atomic E-state index is 11.8. The molecule has 0 bridgehead atoms. The lowest BCUT2D eigenvalue weighted by Gasteiger charge is -2.11. The Bertz CT molecular complexity index is 513. The van der Waals surface area contributed by atoms with Crippen LogP contribution in [0, 0.1) is 12.0 Å². The van der Waals surface area contributed by atoms with Crippen molar-refractivity contribution in [2.24, 2.45) is 0 Å². The maximum Gasteiger partial charge on any atom is 0.338 e. The molecule has 18 heavy (non-hydrogen) atoms. The van der Waals surface area contributed by atoms with Crippen molar-refractivity contribution in [3.8, 4) is 12.0 Å². The fourth-order valence-electron chi connectivity index (χ4n) is 1.79. The topological polar surface area (TPSA) is 46.6 Å². The van der Waals surface area contributed by atoms with Gasteiger partial charge in [0.05, 0.1) is 18.5 Å². The summed E-state index contributed by atoms with van der Waals surface area (Å²) >= 11 is 0. The van der Waals surface area contributed by atoms with E-state index in [1.807, 2.05) is 6.07 Å². The van der Waals surface area contributed by atoms with Crippen LogP contribution in [0.2, 0.25) is 0 Å². The number of ether oxygens (including phenoxy) is 1. The molecule has 0 aliphatic carbocycles. The lowest BCUT2D eigenvalue weighted by molar-refractivity contribution is -0.125. The van der Waals surface area contributed by atoms with E-state index in [1.54, 1.807) is 31.2 Å². The Morgan fingerprint density at radius 2 is 2.11 bits per heavy atom. The van der Waals surface area contributed by atoms with Gasteiger partial charge in [-0.1, -0.05) is 24.1 Å². The molecule has 2 rings (SSSR count). The van der Waals surface area contributed by atoms with E-state index in [1.165, 1.54) is 4.90 Å². The molecule has 1 aromatic rings. The average Bonchev–Trinajstić information content (AvgIpc) is 2.71. The molecule has 0 spiro atoms. The zero-order valence-electron chi connectivity index (χ0n) is 10.1. The second kappa shape index (κ2) is 5.37. The van der Waals surface area contributed by atoms with E-state index < -0.39 is 12.1 Å². The molecule has 1 aliphatic heterocycles. The zero-order valence-corrected chi connectivity index (χ0v) is 10.1. The largest absolute Gasteiger partial charge is 0.456 e. The van der Waals surface area contributed by atoms with E-state index in [0.717, 1.165) is 0 Å². The Hall–Kier alpha value is -2.28. The molecule has 1 aromatic carbocycles. The highest BCUT2D eigenvalue weighted by molar-refractivity contribution is 5.90. The molecule has 1 amide bonds. The number of amides is 1. The maximum atomic E-state index is 11.8. The molecule has 1 fully saturated rings. The summed E-state index contributed by atoms with van der Waals surface area (Å²) < 4.78 is 5.28. The number of hydrogen-bond acceptors (Lipinski definition) is 3. The van der Waals surface area contributed by atoms with Crippen molar-refractivity contribution in [1.29, 1.82) is 0 Å². The third kappa shape index (κ3) is 2.69. The first-order chi connectivity index (χ1) is 8.70. The Labute approximate surface area is 106 Å². The van der Waals surface area contributed by atoms with Crippen molar-refractivity contribution in [2.45, 2.75) is 19.4 Å². The number of carbonyl (C=O) groups is 2. The van der Waals surface area contributed by atoms with Crippen molar-refractivity contribution >= 4 is 11.9 Å². The first-order valence-electron chi connectivity index (χ1n) is 5.69. The van der Waals surface area contributed by atoms with Gasteiger partial charge in [0.25, 0.3) is 0 Å². The standard InChI is InChI=1S/C14H13NO3/c1-2-8-15-10-12(9-13(15)16)18-14(17)11-6-4-3-5-7-11/h3-7,12H,9-10H2,1H3. The minimum absolute atomic E-state index is 0.102. The molecular formula is C14H13NO3. The minimum atomic E-state index is -0.411. The molecule has 1 heterocycles. The van der Waals surface area contributed by atoms with Gasteiger partial charge in [0.1, 0.15) is 6.10 Å². The molecule has 92 valence electrons. The van der Waals surface area contributed by atoms with Crippen LogP contribution in [0.3, 0.4) is 0 Å². The molecule has 1 aliphatic rings. The number of rotatable bonds is 2. The molecule has 0 radical (unpaired) electrons. The molecule has 4 heteroatoms. The summed E-state index contributed by atoms with van der Waals surface area (Å²) in [5.41, 5.74) is 0.491. The number of hydrogen-bond donors (Lipinski definition) is 0. The van der Waals surface area contributed by atoms with Gasteiger partial charge in [-0.05, 0) is 19.1 Å². The van der Waals surface area contributed by atoms with Crippen molar-refractivity contribution in [3.63, 3.8) is 0 Å². The normalized spacial score (nSPS) is 18.2. The Morgan fingerprint density at radius 3 is 2.78 bits per heavy atom.